The maximum Gasteiger partial charge on any atom is 0.341 e. The predicted octanol–water partition coefficient (Wildman–Crippen LogP) is 3.93. The van der Waals surface area contributed by atoms with E-state index in [4.69, 9.17) is 9.26 Å². The Kier molecular flexibility index (Phi) is 5.59. The number of benzene rings is 2. The smallest absolute Gasteiger partial charge is 0.341 e. The molecule has 28 heavy (non-hydrogen) atoms. The lowest BCUT2D eigenvalue weighted by molar-refractivity contribution is 0.0694. The summed E-state index contributed by atoms with van der Waals surface area (Å²) in [6.07, 6.45) is 0. The van der Waals surface area contributed by atoms with Crippen LogP contribution in [0.25, 0.3) is 11.3 Å². The summed E-state index contributed by atoms with van der Waals surface area (Å²) in [6.45, 7) is 1.62. The Bertz CT molecular complexity index is 967. The van der Waals surface area contributed by atoms with Crippen molar-refractivity contribution in [2.24, 2.45) is 0 Å². The standard InChI is InChI=1S/C20H19N3O5/c1-12(21-20(26)22-14-6-4-3-5-7-14)18-16(19(24)25)17(23-28-18)13-8-10-15(27-2)11-9-13/h3-12H,1-2H3,(H,24,25)(H2,21,22,26)/t12-/m1/s1. The van der Waals surface area contributed by atoms with Crippen LogP contribution in [0.5, 0.6) is 5.75 Å². The maximum atomic E-state index is 12.2. The Balaban J connectivity index is 1.82. The van der Waals surface area contributed by atoms with Crippen LogP contribution in [-0.2, 0) is 0 Å². The second-order valence-electron chi connectivity index (χ2n) is 5.99. The van der Waals surface area contributed by atoms with Gasteiger partial charge in [-0.3, -0.25) is 0 Å². The number of hydrogen-bond acceptors (Lipinski definition) is 5. The highest BCUT2D eigenvalue weighted by atomic mass is 16.5. The second-order valence-corrected chi connectivity index (χ2v) is 5.99. The molecule has 0 saturated carbocycles. The molecule has 8 nitrogen and oxygen atoms in total. The van der Waals surface area contributed by atoms with E-state index in [1.807, 2.05) is 6.07 Å². The molecule has 0 bridgehead atoms. The molecule has 1 heterocycles. The normalized spacial score (nSPS) is 11.5. The molecule has 3 aromatic rings. The third kappa shape index (κ3) is 4.12. The summed E-state index contributed by atoms with van der Waals surface area (Å²) in [7, 11) is 1.54. The van der Waals surface area contributed by atoms with E-state index in [2.05, 4.69) is 15.8 Å². The lowest BCUT2D eigenvalue weighted by Crippen LogP contribution is -2.31. The number of rotatable bonds is 6. The first-order valence-electron chi connectivity index (χ1n) is 8.49. The van der Waals surface area contributed by atoms with Gasteiger partial charge in [0.25, 0.3) is 0 Å². The van der Waals surface area contributed by atoms with Crippen molar-refractivity contribution in [1.29, 1.82) is 0 Å². The van der Waals surface area contributed by atoms with Gasteiger partial charge in [-0.05, 0) is 43.3 Å². The van der Waals surface area contributed by atoms with Gasteiger partial charge in [0.1, 0.15) is 17.0 Å². The summed E-state index contributed by atoms with van der Waals surface area (Å²) in [5.41, 5.74) is 1.26. The fourth-order valence-electron chi connectivity index (χ4n) is 2.70. The topological polar surface area (TPSA) is 114 Å². The summed E-state index contributed by atoms with van der Waals surface area (Å²) in [5, 5.41) is 18.9. The van der Waals surface area contributed by atoms with Gasteiger partial charge in [-0.1, -0.05) is 23.4 Å². The first kappa shape index (κ1) is 19.0. The molecule has 144 valence electrons. The van der Waals surface area contributed by atoms with E-state index in [0.29, 0.717) is 17.0 Å². The highest BCUT2D eigenvalue weighted by Crippen LogP contribution is 2.30. The molecule has 1 aromatic heterocycles. The summed E-state index contributed by atoms with van der Waals surface area (Å²) >= 11 is 0. The van der Waals surface area contributed by atoms with Crippen molar-refractivity contribution >= 4 is 17.7 Å². The molecule has 0 spiro atoms. The van der Waals surface area contributed by atoms with Crippen LogP contribution in [0.4, 0.5) is 10.5 Å². The number of nitrogens with one attached hydrogen (secondary N) is 2. The molecule has 2 amide bonds. The average Bonchev–Trinajstić information content (AvgIpc) is 3.14. The first-order chi connectivity index (χ1) is 13.5. The predicted molar refractivity (Wildman–Crippen MR) is 102 cm³/mol. The molecule has 8 heteroatoms. The number of aromatic carboxylic acids is 1. The van der Waals surface area contributed by atoms with Gasteiger partial charge in [-0.15, -0.1) is 0 Å². The van der Waals surface area contributed by atoms with Crippen molar-refractivity contribution in [3.05, 3.63) is 65.9 Å². The first-order valence-corrected chi connectivity index (χ1v) is 8.49. The third-order valence-electron chi connectivity index (χ3n) is 4.07. The number of amides is 2. The van der Waals surface area contributed by atoms with E-state index in [9.17, 15) is 14.7 Å². The number of para-hydroxylation sites is 1. The number of carboxylic acid groups (broad SMARTS) is 1. The van der Waals surface area contributed by atoms with Crippen LogP contribution in [-0.4, -0.2) is 29.4 Å². The molecule has 2 aromatic carbocycles. The van der Waals surface area contributed by atoms with Crippen LogP contribution in [0.15, 0.2) is 59.1 Å². The summed E-state index contributed by atoms with van der Waals surface area (Å²) in [4.78, 5) is 24.0. The van der Waals surface area contributed by atoms with Gasteiger partial charge in [0.15, 0.2) is 5.76 Å². The number of hydrogen-bond donors (Lipinski definition) is 3. The Labute approximate surface area is 161 Å². The van der Waals surface area contributed by atoms with E-state index in [0.717, 1.165) is 0 Å². The molecule has 0 fully saturated rings. The van der Waals surface area contributed by atoms with E-state index >= 15 is 0 Å². The summed E-state index contributed by atoms with van der Waals surface area (Å²) in [5.74, 6) is -0.502. The lowest BCUT2D eigenvalue weighted by Gasteiger charge is -2.13. The van der Waals surface area contributed by atoms with E-state index in [1.165, 1.54) is 0 Å². The average molecular weight is 381 g/mol. The van der Waals surface area contributed by atoms with Crippen molar-refractivity contribution < 1.29 is 24.0 Å². The van der Waals surface area contributed by atoms with Crippen LogP contribution in [0.1, 0.15) is 29.1 Å². The van der Waals surface area contributed by atoms with Gasteiger partial charge in [-0.25, -0.2) is 9.59 Å². The number of anilines is 1. The monoisotopic (exact) mass is 381 g/mol. The highest BCUT2D eigenvalue weighted by Gasteiger charge is 2.28. The minimum absolute atomic E-state index is 0.0570. The van der Waals surface area contributed by atoms with E-state index in [1.54, 1.807) is 62.6 Å². The molecule has 3 rings (SSSR count). The quantitative estimate of drug-likeness (QED) is 0.596. The van der Waals surface area contributed by atoms with Crippen LogP contribution < -0.4 is 15.4 Å². The zero-order chi connectivity index (χ0) is 20.1. The number of nitrogens with zero attached hydrogens (tertiary/aromatic N) is 1. The number of ether oxygens (including phenoxy) is 1. The van der Waals surface area contributed by atoms with Crippen LogP contribution in [0, 0.1) is 0 Å². The fourth-order valence-corrected chi connectivity index (χ4v) is 2.70. The number of aromatic nitrogens is 1. The van der Waals surface area contributed by atoms with Crippen LogP contribution in [0.3, 0.4) is 0 Å². The van der Waals surface area contributed by atoms with Gasteiger partial charge < -0.3 is 25.0 Å². The third-order valence-corrected chi connectivity index (χ3v) is 4.07. The van der Waals surface area contributed by atoms with Crippen molar-refractivity contribution in [2.45, 2.75) is 13.0 Å². The molecule has 1 atom stereocenters. The number of carbonyl (C=O) groups is 2. The highest BCUT2D eigenvalue weighted by molar-refractivity contribution is 5.96. The number of carboxylic acids is 1. The number of urea groups is 1. The van der Waals surface area contributed by atoms with Gasteiger partial charge >= 0.3 is 12.0 Å². The van der Waals surface area contributed by atoms with Gasteiger partial charge in [0.05, 0.1) is 13.2 Å². The van der Waals surface area contributed by atoms with Crippen molar-refractivity contribution in [3.8, 4) is 17.0 Å². The fraction of sp³-hybridized carbons (Fsp3) is 0.150. The number of methoxy groups -OCH3 is 1. The minimum Gasteiger partial charge on any atom is -0.497 e. The molecule has 0 unspecified atom stereocenters. The van der Waals surface area contributed by atoms with E-state index in [-0.39, 0.29) is 17.0 Å². The molecular formula is C20H19N3O5. The van der Waals surface area contributed by atoms with E-state index < -0.39 is 18.0 Å². The summed E-state index contributed by atoms with van der Waals surface area (Å²) in [6, 6.07) is 14.5. The van der Waals surface area contributed by atoms with Gasteiger partial charge in [-0.2, -0.15) is 0 Å². The zero-order valence-electron chi connectivity index (χ0n) is 15.3. The van der Waals surface area contributed by atoms with Gasteiger partial charge in [0.2, 0.25) is 0 Å². The van der Waals surface area contributed by atoms with Crippen molar-refractivity contribution in [1.82, 2.24) is 10.5 Å². The molecule has 0 aliphatic heterocycles. The summed E-state index contributed by atoms with van der Waals surface area (Å²) < 4.78 is 10.4. The molecule has 0 aliphatic carbocycles. The lowest BCUT2D eigenvalue weighted by atomic mass is 10.0. The van der Waals surface area contributed by atoms with Crippen LogP contribution in [0.2, 0.25) is 0 Å². The Morgan fingerprint density at radius 3 is 2.39 bits per heavy atom. The second kappa shape index (κ2) is 8.26. The molecule has 3 N–H and O–H groups in total. The Hall–Kier alpha value is -3.81. The van der Waals surface area contributed by atoms with Gasteiger partial charge in [0, 0.05) is 11.3 Å². The zero-order valence-corrected chi connectivity index (χ0v) is 15.3. The van der Waals surface area contributed by atoms with Crippen molar-refractivity contribution in [3.63, 3.8) is 0 Å². The SMILES string of the molecule is COc1ccc(-c2noc([C@@H](C)NC(=O)Nc3ccccc3)c2C(=O)O)cc1. The molecule has 0 radical (unpaired) electrons. The van der Waals surface area contributed by atoms with Crippen LogP contribution >= 0.6 is 0 Å². The molecule has 0 aliphatic rings. The Morgan fingerprint density at radius 1 is 1.11 bits per heavy atom. The van der Waals surface area contributed by atoms with Crippen molar-refractivity contribution in [2.75, 3.05) is 12.4 Å². The maximum absolute atomic E-state index is 12.2. The Morgan fingerprint density at radius 2 is 1.79 bits per heavy atom. The molecular weight excluding hydrogens is 362 g/mol. The minimum atomic E-state index is -1.20. The molecule has 0 saturated heterocycles. The largest absolute Gasteiger partial charge is 0.497 e. The number of carbonyl (C=O) groups excluding carboxylic acids is 1.